The summed E-state index contributed by atoms with van der Waals surface area (Å²) in [5.74, 6) is -0.346. The van der Waals surface area contributed by atoms with Gasteiger partial charge in [0.05, 0.1) is 23.7 Å². The second-order valence-corrected chi connectivity index (χ2v) is 8.95. The summed E-state index contributed by atoms with van der Waals surface area (Å²) >= 11 is 6.15. The predicted molar refractivity (Wildman–Crippen MR) is 108 cm³/mol. The van der Waals surface area contributed by atoms with Gasteiger partial charge in [0, 0.05) is 11.9 Å². The van der Waals surface area contributed by atoms with Crippen molar-refractivity contribution >= 4 is 34.6 Å². The minimum absolute atomic E-state index is 0.113. The van der Waals surface area contributed by atoms with Crippen molar-refractivity contribution < 1.29 is 23.6 Å². The smallest absolute Gasteiger partial charge is 0.410 e. The lowest BCUT2D eigenvalue weighted by atomic mass is 9.96. The Morgan fingerprint density at radius 1 is 1.28 bits per heavy atom. The van der Waals surface area contributed by atoms with E-state index in [1.807, 2.05) is 19.9 Å². The van der Waals surface area contributed by atoms with Crippen LogP contribution in [0.5, 0.6) is 0 Å². The number of nitrogens with zero attached hydrogens (tertiary/aromatic N) is 2. The number of amides is 2. The standard InChI is InChI=1S/C20H26ClN3O5/c1-19(2,3)28-18(26)24-9-10-27-14(11-24)17(25)22-20(4,5)16-12-7-6-8-13(21)15(12)29-23-16/h6-8,14H,9-11H2,1-5H3,(H,22,25)/t14-/m0/s1. The Morgan fingerprint density at radius 2 is 2.00 bits per heavy atom. The zero-order valence-electron chi connectivity index (χ0n) is 17.2. The molecule has 0 saturated carbocycles. The maximum atomic E-state index is 12.9. The van der Waals surface area contributed by atoms with E-state index in [0.717, 1.165) is 5.39 Å². The third-order valence-corrected chi connectivity index (χ3v) is 4.79. The van der Waals surface area contributed by atoms with Gasteiger partial charge in [-0.3, -0.25) is 4.79 Å². The van der Waals surface area contributed by atoms with Crippen molar-refractivity contribution in [2.45, 2.75) is 51.9 Å². The summed E-state index contributed by atoms with van der Waals surface area (Å²) in [5, 5.41) is 8.23. The van der Waals surface area contributed by atoms with Crippen LogP contribution in [-0.4, -0.2) is 53.5 Å². The molecule has 1 saturated heterocycles. The molecule has 1 fully saturated rings. The van der Waals surface area contributed by atoms with Gasteiger partial charge >= 0.3 is 6.09 Å². The molecule has 1 atom stereocenters. The SMILES string of the molecule is CC(C)(C)OC(=O)N1CCO[C@H](C(=O)NC(C)(C)c2noc3c(Cl)cccc23)C1. The average Bonchev–Trinajstić information content (AvgIpc) is 3.06. The van der Waals surface area contributed by atoms with E-state index < -0.39 is 23.3 Å². The average molecular weight is 424 g/mol. The van der Waals surface area contributed by atoms with Crippen LogP contribution in [0, 0.1) is 0 Å². The molecule has 2 aromatic rings. The second-order valence-electron chi connectivity index (χ2n) is 8.55. The van der Waals surface area contributed by atoms with Crippen LogP contribution in [0.1, 0.15) is 40.3 Å². The number of halogens is 1. The van der Waals surface area contributed by atoms with E-state index >= 15 is 0 Å². The molecule has 1 aliphatic heterocycles. The first-order chi connectivity index (χ1) is 13.5. The summed E-state index contributed by atoms with van der Waals surface area (Å²) in [6, 6.07) is 5.35. The van der Waals surface area contributed by atoms with Gasteiger partial charge in [0.2, 0.25) is 0 Å². The van der Waals surface area contributed by atoms with Gasteiger partial charge in [0.25, 0.3) is 5.91 Å². The predicted octanol–water partition coefficient (Wildman–Crippen LogP) is 3.47. The molecule has 0 spiro atoms. The van der Waals surface area contributed by atoms with Crippen LogP contribution in [-0.2, 0) is 19.8 Å². The van der Waals surface area contributed by atoms with Crippen LogP contribution < -0.4 is 5.32 Å². The van der Waals surface area contributed by atoms with Gasteiger partial charge in [-0.25, -0.2) is 4.79 Å². The van der Waals surface area contributed by atoms with Gasteiger partial charge in [-0.1, -0.05) is 22.8 Å². The normalized spacial score (nSPS) is 18.0. The van der Waals surface area contributed by atoms with Crippen LogP contribution in [0.15, 0.2) is 22.7 Å². The van der Waals surface area contributed by atoms with Crippen molar-refractivity contribution in [1.82, 2.24) is 15.4 Å². The molecule has 2 heterocycles. The minimum Gasteiger partial charge on any atom is -0.444 e. The van der Waals surface area contributed by atoms with Crippen LogP contribution in [0.3, 0.4) is 0 Å². The van der Waals surface area contributed by atoms with E-state index in [1.165, 1.54) is 4.90 Å². The summed E-state index contributed by atoms with van der Waals surface area (Å²) < 4.78 is 16.3. The van der Waals surface area contributed by atoms with Crippen LogP contribution >= 0.6 is 11.6 Å². The molecule has 0 aliphatic carbocycles. The van der Waals surface area contributed by atoms with Crippen molar-refractivity contribution in [2.24, 2.45) is 0 Å². The van der Waals surface area contributed by atoms with E-state index in [0.29, 0.717) is 22.8 Å². The highest BCUT2D eigenvalue weighted by Gasteiger charge is 2.36. The summed E-state index contributed by atoms with van der Waals surface area (Å²) in [4.78, 5) is 26.7. The molecule has 8 nitrogen and oxygen atoms in total. The number of rotatable bonds is 3. The number of carbonyl (C=O) groups is 2. The highest BCUT2D eigenvalue weighted by Crippen LogP contribution is 2.31. The molecule has 3 rings (SSSR count). The largest absolute Gasteiger partial charge is 0.444 e. The molecule has 9 heteroatoms. The van der Waals surface area contributed by atoms with Gasteiger partial charge in [0.1, 0.15) is 11.3 Å². The minimum atomic E-state index is -0.843. The van der Waals surface area contributed by atoms with Gasteiger partial charge in [-0.2, -0.15) is 0 Å². The van der Waals surface area contributed by atoms with E-state index in [4.69, 9.17) is 25.6 Å². The number of para-hydroxylation sites is 1. The quantitative estimate of drug-likeness (QED) is 0.812. The summed E-state index contributed by atoms with van der Waals surface area (Å²) in [7, 11) is 0. The number of nitrogens with one attached hydrogen (secondary N) is 1. The fourth-order valence-corrected chi connectivity index (χ4v) is 3.34. The molecule has 1 aromatic carbocycles. The molecule has 1 N–H and O–H groups in total. The molecule has 0 bridgehead atoms. The Morgan fingerprint density at radius 3 is 2.69 bits per heavy atom. The molecule has 158 valence electrons. The molecule has 1 aliphatic rings. The van der Waals surface area contributed by atoms with Crippen molar-refractivity contribution in [1.29, 1.82) is 0 Å². The van der Waals surface area contributed by atoms with Crippen molar-refractivity contribution in [3.05, 3.63) is 28.9 Å². The van der Waals surface area contributed by atoms with E-state index in [1.54, 1.807) is 32.9 Å². The lowest BCUT2D eigenvalue weighted by Gasteiger charge is -2.35. The molecule has 0 radical (unpaired) electrons. The third kappa shape index (κ3) is 4.82. The van der Waals surface area contributed by atoms with Crippen molar-refractivity contribution in [3.63, 3.8) is 0 Å². The molecule has 29 heavy (non-hydrogen) atoms. The Labute approximate surface area is 174 Å². The first-order valence-corrected chi connectivity index (χ1v) is 9.82. The van der Waals surface area contributed by atoms with Gasteiger partial charge < -0.3 is 24.2 Å². The van der Waals surface area contributed by atoms with Crippen molar-refractivity contribution in [2.75, 3.05) is 19.7 Å². The highest BCUT2D eigenvalue weighted by molar-refractivity contribution is 6.34. The zero-order valence-corrected chi connectivity index (χ0v) is 18.0. The number of carbonyl (C=O) groups excluding carboxylic acids is 2. The van der Waals surface area contributed by atoms with Gasteiger partial charge in [0.15, 0.2) is 11.7 Å². The molecule has 2 amide bonds. The number of benzene rings is 1. The first-order valence-electron chi connectivity index (χ1n) is 9.44. The molecule has 1 aromatic heterocycles. The van der Waals surface area contributed by atoms with Crippen LogP contribution in [0.25, 0.3) is 11.0 Å². The Hall–Kier alpha value is -2.32. The fraction of sp³-hybridized carbons (Fsp3) is 0.550. The number of hydrogen-bond acceptors (Lipinski definition) is 6. The highest BCUT2D eigenvalue weighted by atomic mass is 35.5. The van der Waals surface area contributed by atoms with Crippen LogP contribution in [0.4, 0.5) is 4.79 Å². The zero-order chi connectivity index (χ0) is 21.4. The van der Waals surface area contributed by atoms with Gasteiger partial charge in [-0.15, -0.1) is 0 Å². The van der Waals surface area contributed by atoms with Gasteiger partial charge in [-0.05, 0) is 46.8 Å². The Balaban J connectivity index is 1.71. The monoisotopic (exact) mass is 423 g/mol. The first kappa shape index (κ1) is 21.4. The molecular weight excluding hydrogens is 398 g/mol. The fourth-order valence-electron chi connectivity index (χ4n) is 3.13. The molecule has 0 unspecified atom stereocenters. The van der Waals surface area contributed by atoms with E-state index in [9.17, 15) is 9.59 Å². The Kier molecular flexibility index (Phi) is 5.78. The lowest BCUT2D eigenvalue weighted by Crippen LogP contribution is -2.55. The number of morpholine rings is 1. The van der Waals surface area contributed by atoms with E-state index in [2.05, 4.69) is 10.5 Å². The second kappa shape index (κ2) is 7.84. The molecular formula is C20H26ClN3O5. The van der Waals surface area contributed by atoms with E-state index in [-0.39, 0.29) is 19.1 Å². The Bertz CT molecular complexity index is 918. The maximum absolute atomic E-state index is 12.9. The summed E-state index contributed by atoms with van der Waals surface area (Å²) in [6.45, 7) is 9.76. The number of aromatic nitrogens is 1. The topological polar surface area (TPSA) is 93.9 Å². The third-order valence-electron chi connectivity index (χ3n) is 4.49. The number of ether oxygens (including phenoxy) is 2. The van der Waals surface area contributed by atoms with Crippen molar-refractivity contribution in [3.8, 4) is 0 Å². The number of hydrogen-bond donors (Lipinski definition) is 1. The summed E-state index contributed by atoms with van der Waals surface area (Å²) in [6.07, 6.45) is -1.27. The lowest BCUT2D eigenvalue weighted by molar-refractivity contribution is -0.139. The maximum Gasteiger partial charge on any atom is 0.410 e. The summed E-state index contributed by atoms with van der Waals surface area (Å²) in [5.41, 5.74) is -0.422. The number of fused-ring (bicyclic) bond motifs is 1. The van der Waals surface area contributed by atoms with Crippen LogP contribution in [0.2, 0.25) is 5.02 Å².